The van der Waals surface area contributed by atoms with E-state index in [1.54, 1.807) is 0 Å². The molecule has 3 nitrogen and oxygen atoms in total. The molecule has 0 aliphatic heterocycles. The number of hydrogen-bond donors (Lipinski definition) is 1. The molecule has 0 fully saturated rings. The molecule has 0 unspecified atom stereocenters. The van der Waals surface area contributed by atoms with Gasteiger partial charge in [-0.25, -0.2) is 8.42 Å². The third kappa shape index (κ3) is 5.81. The van der Waals surface area contributed by atoms with Crippen molar-refractivity contribution in [3.8, 4) is 0 Å². The van der Waals surface area contributed by atoms with Crippen LogP contribution >= 0.6 is 0 Å². The van der Waals surface area contributed by atoms with Crippen LogP contribution in [0.2, 0.25) is 0 Å². The van der Waals surface area contributed by atoms with Crippen molar-refractivity contribution in [3.63, 3.8) is 0 Å². The van der Waals surface area contributed by atoms with E-state index in [0.29, 0.717) is 12.0 Å². The largest absolute Gasteiger partial charge is 0.310 e. The Labute approximate surface area is 139 Å². The van der Waals surface area contributed by atoms with Crippen molar-refractivity contribution < 1.29 is 8.42 Å². The van der Waals surface area contributed by atoms with Crippen molar-refractivity contribution in [2.24, 2.45) is 0 Å². The van der Waals surface area contributed by atoms with Crippen molar-refractivity contribution in [2.45, 2.75) is 38.1 Å². The highest BCUT2D eigenvalue weighted by atomic mass is 32.2. The molecule has 4 heteroatoms. The van der Waals surface area contributed by atoms with Crippen LogP contribution in [0.15, 0.2) is 54.6 Å². The molecule has 2 aromatic carbocycles. The van der Waals surface area contributed by atoms with Crippen LogP contribution in [0.1, 0.15) is 36.5 Å². The molecule has 1 N–H and O–H groups in total. The van der Waals surface area contributed by atoms with E-state index in [1.165, 1.54) is 11.8 Å². The minimum absolute atomic E-state index is 0.0994. The van der Waals surface area contributed by atoms with E-state index in [9.17, 15) is 8.42 Å². The molecule has 0 spiro atoms. The summed E-state index contributed by atoms with van der Waals surface area (Å²) in [7, 11) is -2.97. The first-order valence-corrected chi connectivity index (χ1v) is 9.95. The fourth-order valence-corrected chi connectivity index (χ4v) is 3.35. The van der Waals surface area contributed by atoms with Crippen LogP contribution in [0.4, 0.5) is 0 Å². The van der Waals surface area contributed by atoms with Crippen molar-refractivity contribution in [1.82, 2.24) is 5.32 Å². The molecule has 0 aromatic heterocycles. The second-order valence-corrected chi connectivity index (χ2v) is 8.40. The van der Waals surface area contributed by atoms with Gasteiger partial charge >= 0.3 is 0 Å². The first-order chi connectivity index (χ1) is 10.8. The van der Waals surface area contributed by atoms with Crippen LogP contribution in [0.5, 0.6) is 0 Å². The number of rotatable bonds is 7. The van der Waals surface area contributed by atoms with Gasteiger partial charge in [0.2, 0.25) is 0 Å². The third-order valence-corrected chi connectivity index (χ3v) is 5.01. The fourth-order valence-electron chi connectivity index (χ4n) is 2.56. The maximum absolute atomic E-state index is 11.3. The van der Waals surface area contributed by atoms with E-state index >= 15 is 0 Å². The van der Waals surface area contributed by atoms with Crippen LogP contribution in [0.3, 0.4) is 0 Å². The Hall–Kier alpha value is -1.65. The normalized spacial score (nSPS) is 14.4. The van der Waals surface area contributed by atoms with Crippen LogP contribution < -0.4 is 5.32 Å². The summed E-state index contributed by atoms with van der Waals surface area (Å²) < 4.78 is 22.6. The summed E-state index contributed by atoms with van der Waals surface area (Å²) in [6.07, 6.45) is 1.26. The smallest absolute Gasteiger partial charge is 0.151 e. The van der Waals surface area contributed by atoms with Gasteiger partial charge in [-0.3, -0.25) is 0 Å². The minimum Gasteiger partial charge on any atom is -0.310 e. The highest BCUT2D eigenvalue weighted by molar-refractivity contribution is 7.89. The molecule has 0 aliphatic rings. The van der Waals surface area contributed by atoms with E-state index < -0.39 is 9.84 Å². The Bertz CT molecular complexity index is 709. The van der Waals surface area contributed by atoms with Crippen molar-refractivity contribution in [1.29, 1.82) is 0 Å². The van der Waals surface area contributed by atoms with Gasteiger partial charge in [0.15, 0.2) is 9.84 Å². The van der Waals surface area contributed by atoms with Gasteiger partial charge < -0.3 is 5.32 Å². The molecule has 0 amide bonds. The maximum atomic E-state index is 11.3. The summed E-state index contributed by atoms with van der Waals surface area (Å²) >= 11 is 0. The Morgan fingerprint density at radius 2 is 1.48 bits per heavy atom. The number of hydrogen-bond acceptors (Lipinski definition) is 3. The summed E-state index contributed by atoms with van der Waals surface area (Å²) in [5.41, 5.74) is 3.33. The lowest BCUT2D eigenvalue weighted by atomic mass is 9.94. The quantitative estimate of drug-likeness (QED) is 0.844. The molecular formula is C19H25NO2S. The predicted octanol–water partition coefficient (Wildman–Crippen LogP) is 3.51. The molecule has 2 rings (SSSR count). The van der Waals surface area contributed by atoms with E-state index in [0.717, 1.165) is 17.7 Å². The summed E-state index contributed by atoms with van der Waals surface area (Å²) in [6.45, 7) is 5.19. The lowest BCUT2D eigenvalue weighted by molar-refractivity contribution is 0.480. The fraction of sp³-hybridized carbons (Fsp3) is 0.368. The van der Waals surface area contributed by atoms with Crippen LogP contribution in [0.25, 0.3) is 0 Å². The highest BCUT2D eigenvalue weighted by Crippen LogP contribution is 2.19. The Morgan fingerprint density at radius 1 is 0.913 bits per heavy atom. The highest BCUT2D eigenvalue weighted by Gasteiger charge is 2.13. The molecular weight excluding hydrogens is 306 g/mol. The lowest BCUT2D eigenvalue weighted by Crippen LogP contribution is -2.30. The minimum atomic E-state index is -2.97. The Balaban J connectivity index is 1.90. The van der Waals surface area contributed by atoms with E-state index in [1.807, 2.05) is 30.3 Å². The predicted molar refractivity (Wildman–Crippen MR) is 96.1 cm³/mol. The maximum Gasteiger partial charge on any atom is 0.151 e. The standard InChI is InChI=1S/C19H25NO2S/c1-15(19-7-5-4-6-8-19)16(2)20-13-17-9-11-18(12-10-17)14-23(3,21)22/h4-12,15-16,20H,13-14H2,1-3H3/t15-,16-/m0/s1. The Morgan fingerprint density at radius 3 is 2.04 bits per heavy atom. The first kappa shape index (κ1) is 17.7. The second-order valence-electron chi connectivity index (χ2n) is 6.26. The summed E-state index contributed by atoms with van der Waals surface area (Å²) in [6, 6.07) is 18.6. The molecule has 0 saturated heterocycles. The van der Waals surface area contributed by atoms with Gasteiger partial charge in [-0.05, 0) is 29.5 Å². The van der Waals surface area contributed by atoms with E-state index in [2.05, 4.69) is 43.4 Å². The first-order valence-electron chi connectivity index (χ1n) is 7.89. The van der Waals surface area contributed by atoms with Gasteiger partial charge in [0, 0.05) is 18.8 Å². The zero-order chi connectivity index (χ0) is 16.9. The zero-order valence-corrected chi connectivity index (χ0v) is 14.8. The van der Waals surface area contributed by atoms with E-state index in [4.69, 9.17) is 0 Å². The molecule has 2 atom stereocenters. The van der Waals surface area contributed by atoms with Gasteiger partial charge in [0.05, 0.1) is 5.75 Å². The van der Waals surface area contributed by atoms with Crippen LogP contribution in [-0.4, -0.2) is 20.7 Å². The molecule has 0 bridgehead atoms. The average Bonchev–Trinajstić information content (AvgIpc) is 2.52. The van der Waals surface area contributed by atoms with E-state index in [-0.39, 0.29) is 5.75 Å². The molecule has 124 valence electrons. The van der Waals surface area contributed by atoms with Gasteiger partial charge in [-0.1, -0.05) is 61.5 Å². The molecule has 2 aromatic rings. The molecule has 0 saturated carbocycles. The SMILES string of the molecule is C[C@H](NCc1ccc(CS(C)(=O)=O)cc1)[C@H](C)c1ccccc1. The Kier molecular flexibility index (Phi) is 5.97. The van der Waals surface area contributed by atoms with Crippen molar-refractivity contribution in [3.05, 3.63) is 71.3 Å². The summed E-state index contributed by atoms with van der Waals surface area (Å²) in [5.74, 6) is 0.531. The topological polar surface area (TPSA) is 46.2 Å². The summed E-state index contributed by atoms with van der Waals surface area (Å²) in [5, 5.41) is 3.55. The second kappa shape index (κ2) is 7.75. The van der Waals surface area contributed by atoms with Gasteiger partial charge in [-0.2, -0.15) is 0 Å². The van der Waals surface area contributed by atoms with Crippen molar-refractivity contribution >= 4 is 9.84 Å². The van der Waals surface area contributed by atoms with Gasteiger partial charge in [0.25, 0.3) is 0 Å². The summed E-state index contributed by atoms with van der Waals surface area (Å²) in [4.78, 5) is 0. The molecule has 23 heavy (non-hydrogen) atoms. The van der Waals surface area contributed by atoms with Gasteiger partial charge in [-0.15, -0.1) is 0 Å². The monoisotopic (exact) mass is 331 g/mol. The van der Waals surface area contributed by atoms with Crippen LogP contribution in [-0.2, 0) is 22.1 Å². The average molecular weight is 331 g/mol. The lowest BCUT2D eigenvalue weighted by Gasteiger charge is -2.22. The number of benzene rings is 2. The molecule has 0 radical (unpaired) electrons. The third-order valence-electron chi connectivity index (χ3n) is 4.16. The zero-order valence-electron chi connectivity index (χ0n) is 14.0. The number of nitrogens with one attached hydrogen (secondary N) is 1. The van der Waals surface area contributed by atoms with Crippen LogP contribution in [0, 0.1) is 0 Å². The molecule has 0 heterocycles. The van der Waals surface area contributed by atoms with Gasteiger partial charge in [0.1, 0.15) is 0 Å². The van der Waals surface area contributed by atoms with Crippen molar-refractivity contribution in [2.75, 3.05) is 6.26 Å². The number of sulfone groups is 1. The molecule has 0 aliphatic carbocycles.